The number of nitrogens with zero attached hydrogens (tertiary/aromatic N) is 1. The lowest BCUT2D eigenvalue weighted by atomic mass is 10.0. The van der Waals surface area contributed by atoms with Crippen molar-refractivity contribution in [1.82, 2.24) is 10.2 Å². The molecule has 36 heavy (non-hydrogen) atoms. The third kappa shape index (κ3) is 7.25. The van der Waals surface area contributed by atoms with Crippen LogP contribution in [0.2, 0.25) is 0 Å². The summed E-state index contributed by atoms with van der Waals surface area (Å²) in [5.41, 5.74) is 2.91. The summed E-state index contributed by atoms with van der Waals surface area (Å²) < 4.78 is 15.9. The van der Waals surface area contributed by atoms with Crippen LogP contribution >= 0.6 is 0 Å². The highest BCUT2D eigenvalue weighted by Gasteiger charge is 2.28. The maximum absolute atomic E-state index is 13.4. The highest BCUT2D eigenvalue weighted by Crippen LogP contribution is 2.27. The minimum Gasteiger partial charge on any atom is -0.497 e. The van der Waals surface area contributed by atoms with E-state index in [1.54, 1.807) is 26.2 Å². The molecule has 0 aliphatic rings. The van der Waals surface area contributed by atoms with Crippen molar-refractivity contribution in [2.24, 2.45) is 0 Å². The second-order valence-electron chi connectivity index (χ2n) is 8.43. The zero-order valence-electron chi connectivity index (χ0n) is 21.3. The molecular formula is C29H34N2O5. The summed E-state index contributed by atoms with van der Waals surface area (Å²) in [6.07, 6.45) is 1.03. The number of rotatable bonds is 12. The van der Waals surface area contributed by atoms with Gasteiger partial charge < -0.3 is 24.4 Å². The van der Waals surface area contributed by atoms with Crippen LogP contribution < -0.4 is 19.5 Å². The van der Waals surface area contributed by atoms with Crippen molar-refractivity contribution in [3.05, 3.63) is 89.5 Å². The van der Waals surface area contributed by atoms with Crippen LogP contribution in [0, 0.1) is 0 Å². The van der Waals surface area contributed by atoms with Crippen molar-refractivity contribution in [2.75, 3.05) is 27.9 Å². The first-order chi connectivity index (χ1) is 17.4. The molecule has 3 rings (SSSR count). The summed E-state index contributed by atoms with van der Waals surface area (Å²) in [6, 6.07) is 22.3. The summed E-state index contributed by atoms with van der Waals surface area (Å²) in [7, 11) is 4.80. The van der Waals surface area contributed by atoms with Gasteiger partial charge in [-0.05, 0) is 47.4 Å². The van der Waals surface area contributed by atoms with Crippen LogP contribution in [0.3, 0.4) is 0 Å². The Morgan fingerprint density at radius 3 is 2.08 bits per heavy atom. The molecule has 0 heterocycles. The Kier molecular flexibility index (Phi) is 9.74. The molecule has 1 unspecified atom stereocenters. The van der Waals surface area contributed by atoms with Crippen LogP contribution in [-0.4, -0.2) is 50.6 Å². The second-order valence-corrected chi connectivity index (χ2v) is 8.43. The molecule has 1 N–H and O–H groups in total. The molecule has 0 fully saturated rings. The minimum atomic E-state index is -0.655. The van der Waals surface area contributed by atoms with Gasteiger partial charge in [0, 0.05) is 26.4 Å². The third-order valence-corrected chi connectivity index (χ3v) is 6.03. The second kappa shape index (κ2) is 13.2. The van der Waals surface area contributed by atoms with Crippen LogP contribution in [0.15, 0.2) is 72.8 Å². The molecule has 0 aromatic heterocycles. The summed E-state index contributed by atoms with van der Waals surface area (Å²) in [5, 5.41) is 3.03. The fraction of sp³-hybridized carbons (Fsp3) is 0.310. The van der Waals surface area contributed by atoms with Gasteiger partial charge in [-0.15, -0.1) is 0 Å². The van der Waals surface area contributed by atoms with Gasteiger partial charge in [-0.2, -0.15) is 0 Å². The lowest BCUT2D eigenvalue weighted by molar-refractivity contribution is -0.139. The Bertz CT molecular complexity index is 1130. The molecule has 0 aliphatic carbocycles. The quantitative estimate of drug-likeness (QED) is 0.415. The first-order valence-electron chi connectivity index (χ1n) is 11.9. The average molecular weight is 491 g/mol. The maximum Gasteiger partial charge on any atom is 0.243 e. The van der Waals surface area contributed by atoms with E-state index in [0.29, 0.717) is 37.4 Å². The molecular weight excluding hydrogens is 456 g/mol. The molecule has 0 saturated carbocycles. The highest BCUT2D eigenvalue weighted by atomic mass is 16.5. The Morgan fingerprint density at radius 2 is 1.47 bits per heavy atom. The summed E-state index contributed by atoms with van der Waals surface area (Å²) in [4.78, 5) is 27.8. The molecule has 0 spiro atoms. The van der Waals surface area contributed by atoms with Crippen molar-refractivity contribution in [1.29, 1.82) is 0 Å². The van der Waals surface area contributed by atoms with E-state index in [1.165, 1.54) is 6.92 Å². The van der Waals surface area contributed by atoms with E-state index in [9.17, 15) is 9.59 Å². The van der Waals surface area contributed by atoms with Gasteiger partial charge in [-0.25, -0.2) is 0 Å². The van der Waals surface area contributed by atoms with Crippen molar-refractivity contribution < 1.29 is 23.8 Å². The minimum absolute atomic E-state index is 0.165. The zero-order chi connectivity index (χ0) is 25.9. The smallest absolute Gasteiger partial charge is 0.243 e. The number of nitrogens with one attached hydrogen (secondary N) is 1. The number of benzene rings is 3. The van der Waals surface area contributed by atoms with Gasteiger partial charge in [0.25, 0.3) is 0 Å². The van der Waals surface area contributed by atoms with E-state index >= 15 is 0 Å². The lowest BCUT2D eigenvalue weighted by Crippen LogP contribution is -2.50. The molecule has 0 radical (unpaired) electrons. The van der Waals surface area contributed by atoms with Crippen LogP contribution in [0.1, 0.15) is 23.6 Å². The fourth-order valence-corrected chi connectivity index (χ4v) is 4.03. The monoisotopic (exact) mass is 490 g/mol. The Hall–Kier alpha value is -4.00. The van der Waals surface area contributed by atoms with Crippen LogP contribution in [-0.2, 0) is 29.0 Å². The third-order valence-electron chi connectivity index (χ3n) is 6.03. The van der Waals surface area contributed by atoms with Crippen LogP contribution in [0.5, 0.6) is 17.2 Å². The number of amides is 2. The molecule has 0 saturated heterocycles. The fourth-order valence-electron chi connectivity index (χ4n) is 4.03. The van der Waals surface area contributed by atoms with Gasteiger partial charge in [-0.3, -0.25) is 9.59 Å². The Labute approximate surface area is 213 Å². The molecule has 3 aromatic rings. The van der Waals surface area contributed by atoms with Gasteiger partial charge in [0.05, 0.1) is 21.3 Å². The molecule has 7 heteroatoms. The van der Waals surface area contributed by atoms with E-state index in [4.69, 9.17) is 14.2 Å². The molecule has 3 aromatic carbocycles. The van der Waals surface area contributed by atoms with Gasteiger partial charge in [-0.1, -0.05) is 48.5 Å². The number of methoxy groups -OCH3 is 3. The van der Waals surface area contributed by atoms with Gasteiger partial charge in [0.15, 0.2) is 11.5 Å². The number of hydrogen-bond acceptors (Lipinski definition) is 5. The molecule has 0 aliphatic heterocycles. The Morgan fingerprint density at radius 1 is 0.806 bits per heavy atom. The topological polar surface area (TPSA) is 77.1 Å². The van der Waals surface area contributed by atoms with E-state index in [1.807, 2.05) is 72.8 Å². The predicted octanol–water partition coefficient (Wildman–Crippen LogP) is 4.03. The SMILES string of the molecule is COc1ccc(CN(C(C)=O)C(Cc2ccccc2)C(=O)NCCc2ccc(OC)c(OC)c2)cc1. The van der Waals surface area contributed by atoms with Gasteiger partial charge in [0.1, 0.15) is 11.8 Å². The lowest BCUT2D eigenvalue weighted by Gasteiger charge is -2.30. The molecule has 7 nitrogen and oxygen atoms in total. The normalized spacial score (nSPS) is 11.3. The summed E-state index contributed by atoms with van der Waals surface area (Å²) in [6.45, 7) is 2.24. The van der Waals surface area contributed by atoms with E-state index in [2.05, 4.69) is 5.32 Å². The first kappa shape index (κ1) is 26.6. The zero-order valence-corrected chi connectivity index (χ0v) is 21.3. The maximum atomic E-state index is 13.4. The van der Waals surface area contributed by atoms with Gasteiger partial charge >= 0.3 is 0 Å². The van der Waals surface area contributed by atoms with Gasteiger partial charge in [0.2, 0.25) is 11.8 Å². The van der Waals surface area contributed by atoms with E-state index in [0.717, 1.165) is 22.4 Å². The van der Waals surface area contributed by atoms with Crippen molar-refractivity contribution >= 4 is 11.8 Å². The first-order valence-corrected chi connectivity index (χ1v) is 11.9. The summed E-state index contributed by atoms with van der Waals surface area (Å²) >= 11 is 0. The standard InChI is InChI=1S/C29H34N2O5/c1-21(32)31(20-24-10-13-25(34-2)14-11-24)26(18-22-8-6-5-7-9-22)29(33)30-17-16-23-12-15-27(35-3)28(19-23)36-4/h5-15,19,26H,16-18,20H2,1-4H3,(H,30,33). The molecule has 2 amide bonds. The van der Waals surface area contributed by atoms with E-state index in [-0.39, 0.29) is 11.8 Å². The number of carbonyl (C=O) groups is 2. The molecule has 1 atom stereocenters. The largest absolute Gasteiger partial charge is 0.497 e. The van der Waals surface area contributed by atoms with Crippen molar-refractivity contribution in [3.8, 4) is 17.2 Å². The molecule has 190 valence electrons. The molecule has 0 bridgehead atoms. The van der Waals surface area contributed by atoms with Crippen LogP contribution in [0.25, 0.3) is 0 Å². The Balaban J connectivity index is 1.75. The van der Waals surface area contributed by atoms with Crippen molar-refractivity contribution in [2.45, 2.75) is 32.4 Å². The van der Waals surface area contributed by atoms with Crippen LogP contribution in [0.4, 0.5) is 0 Å². The average Bonchev–Trinajstić information content (AvgIpc) is 2.91. The number of ether oxygens (including phenoxy) is 3. The number of hydrogen-bond donors (Lipinski definition) is 1. The van der Waals surface area contributed by atoms with E-state index < -0.39 is 6.04 Å². The highest BCUT2D eigenvalue weighted by molar-refractivity contribution is 5.87. The predicted molar refractivity (Wildman–Crippen MR) is 139 cm³/mol. The van der Waals surface area contributed by atoms with Crippen molar-refractivity contribution in [3.63, 3.8) is 0 Å². The number of carbonyl (C=O) groups excluding carboxylic acids is 2. The summed E-state index contributed by atoms with van der Waals surface area (Å²) in [5.74, 6) is 1.68.